The Morgan fingerprint density at radius 3 is 2.48 bits per heavy atom. The Morgan fingerprint density at radius 2 is 1.86 bits per heavy atom. The van der Waals surface area contributed by atoms with Crippen molar-refractivity contribution in [1.29, 1.82) is 0 Å². The van der Waals surface area contributed by atoms with E-state index >= 15 is 0 Å². The Balaban J connectivity index is 2.15. The zero-order valence-electron chi connectivity index (χ0n) is 12.6. The number of fused-ring (bicyclic) bond motifs is 1. The van der Waals surface area contributed by atoms with Crippen LogP contribution in [0.1, 0.15) is 28.7 Å². The lowest BCUT2D eigenvalue weighted by molar-refractivity contribution is -0.130. The predicted octanol–water partition coefficient (Wildman–Crippen LogP) is 0.208. The van der Waals surface area contributed by atoms with E-state index in [4.69, 9.17) is 0 Å². The van der Waals surface area contributed by atoms with Crippen molar-refractivity contribution in [2.24, 2.45) is 0 Å². The van der Waals surface area contributed by atoms with Gasteiger partial charge in [0.2, 0.25) is 5.91 Å². The number of hydrogen-bond acceptors (Lipinski definition) is 4. The SMILES string of the molecule is CNCCCN1CCc2cc(CO)c(CO)cc2CC1=O. The molecule has 116 valence electrons. The van der Waals surface area contributed by atoms with E-state index in [0.29, 0.717) is 12.0 Å². The standard InChI is InChI=1S/C16H24N2O3/c1-17-4-2-5-18-6-3-12-7-14(10-19)15(11-20)8-13(12)9-16(18)21/h7-8,17,19-20H,2-6,9-11H2,1H3. The molecule has 0 unspecified atom stereocenters. The van der Waals surface area contributed by atoms with Gasteiger partial charge in [0.1, 0.15) is 0 Å². The van der Waals surface area contributed by atoms with Gasteiger partial charge in [-0.15, -0.1) is 0 Å². The molecule has 1 amide bonds. The summed E-state index contributed by atoms with van der Waals surface area (Å²) in [5.74, 6) is 0.144. The number of carbonyl (C=O) groups is 1. The van der Waals surface area contributed by atoms with Crippen LogP contribution in [0.3, 0.4) is 0 Å². The summed E-state index contributed by atoms with van der Waals surface area (Å²) in [4.78, 5) is 14.2. The van der Waals surface area contributed by atoms with Gasteiger partial charge in [0.05, 0.1) is 19.6 Å². The third-order valence-electron chi connectivity index (χ3n) is 4.06. The minimum absolute atomic E-state index is 0.0804. The first-order valence-corrected chi connectivity index (χ1v) is 7.47. The summed E-state index contributed by atoms with van der Waals surface area (Å²) in [6.45, 7) is 2.21. The van der Waals surface area contributed by atoms with Crippen molar-refractivity contribution in [2.75, 3.05) is 26.7 Å². The fourth-order valence-electron chi connectivity index (χ4n) is 2.82. The van der Waals surface area contributed by atoms with E-state index in [-0.39, 0.29) is 19.1 Å². The first kappa shape index (κ1) is 15.9. The molecule has 1 aromatic rings. The number of aliphatic hydroxyl groups excluding tert-OH is 2. The van der Waals surface area contributed by atoms with Gasteiger partial charge in [0.15, 0.2) is 0 Å². The minimum Gasteiger partial charge on any atom is -0.392 e. The van der Waals surface area contributed by atoms with Gasteiger partial charge in [-0.25, -0.2) is 0 Å². The number of carbonyl (C=O) groups excluding carboxylic acids is 1. The van der Waals surface area contributed by atoms with Crippen LogP contribution in [0.15, 0.2) is 12.1 Å². The Hall–Kier alpha value is -1.43. The molecule has 0 aromatic heterocycles. The molecule has 1 heterocycles. The second-order valence-electron chi connectivity index (χ2n) is 5.47. The minimum atomic E-state index is -0.108. The van der Waals surface area contributed by atoms with Crippen molar-refractivity contribution < 1.29 is 15.0 Å². The van der Waals surface area contributed by atoms with Crippen LogP contribution in [0.4, 0.5) is 0 Å². The molecule has 21 heavy (non-hydrogen) atoms. The first-order valence-electron chi connectivity index (χ1n) is 7.47. The predicted molar refractivity (Wildman–Crippen MR) is 80.8 cm³/mol. The number of nitrogens with zero attached hydrogens (tertiary/aromatic N) is 1. The monoisotopic (exact) mass is 292 g/mol. The molecule has 0 saturated heterocycles. The lowest BCUT2D eigenvalue weighted by Gasteiger charge is -2.20. The van der Waals surface area contributed by atoms with E-state index in [0.717, 1.165) is 49.2 Å². The molecule has 0 saturated carbocycles. The van der Waals surface area contributed by atoms with Crippen molar-refractivity contribution in [3.8, 4) is 0 Å². The molecule has 0 aliphatic carbocycles. The van der Waals surface area contributed by atoms with E-state index in [1.165, 1.54) is 0 Å². The van der Waals surface area contributed by atoms with Crippen LogP contribution >= 0.6 is 0 Å². The number of nitrogens with one attached hydrogen (secondary N) is 1. The smallest absolute Gasteiger partial charge is 0.227 e. The van der Waals surface area contributed by atoms with Gasteiger partial charge < -0.3 is 20.4 Å². The van der Waals surface area contributed by atoms with E-state index in [1.807, 2.05) is 24.1 Å². The van der Waals surface area contributed by atoms with Crippen LogP contribution in [-0.4, -0.2) is 47.7 Å². The van der Waals surface area contributed by atoms with E-state index in [1.54, 1.807) is 0 Å². The molecule has 0 radical (unpaired) electrons. The highest BCUT2D eigenvalue weighted by molar-refractivity contribution is 5.80. The molecule has 3 N–H and O–H groups in total. The zero-order chi connectivity index (χ0) is 15.2. The summed E-state index contributed by atoms with van der Waals surface area (Å²) in [5, 5.41) is 21.8. The van der Waals surface area contributed by atoms with Gasteiger partial charge >= 0.3 is 0 Å². The largest absolute Gasteiger partial charge is 0.392 e. The molecule has 1 aliphatic heterocycles. The first-order chi connectivity index (χ1) is 10.2. The molecule has 1 aliphatic rings. The molecule has 1 aromatic carbocycles. The van der Waals surface area contributed by atoms with Crippen LogP contribution in [0, 0.1) is 0 Å². The Morgan fingerprint density at radius 1 is 1.19 bits per heavy atom. The maximum atomic E-state index is 12.3. The van der Waals surface area contributed by atoms with Gasteiger partial charge in [-0.2, -0.15) is 0 Å². The summed E-state index contributed by atoms with van der Waals surface area (Å²) in [6, 6.07) is 3.81. The van der Waals surface area contributed by atoms with Crippen molar-refractivity contribution >= 4 is 5.91 Å². The second-order valence-corrected chi connectivity index (χ2v) is 5.47. The molecule has 0 spiro atoms. The van der Waals surface area contributed by atoms with Crippen LogP contribution in [0.25, 0.3) is 0 Å². The fourth-order valence-corrected chi connectivity index (χ4v) is 2.82. The highest BCUT2D eigenvalue weighted by Gasteiger charge is 2.21. The van der Waals surface area contributed by atoms with Crippen LogP contribution < -0.4 is 5.32 Å². The lowest BCUT2D eigenvalue weighted by atomic mass is 9.96. The highest BCUT2D eigenvalue weighted by atomic mass is 16.3. The van der Waals surface area contributed by atoms with Crippen LogP contribution in [0.5, 0.6) is 0 Å². The third-order valence-corrected chi connectivity index (χ3v) is 4.06. The molecule has 0 bridgehead atoms. The third kappa shape index (κ3) is 3.81. The summed E-state index contributed by atoms with van der Waals surface area (Å²) in [5.41, 5.74) is 3.57. The molecule has 5 heteroatoms. The van der Waals surface area contributed by atoms with Crippen molar-refractivity contribution in [3.63, 3.8) is 0 Å². The van der Waals surface area contributed by atoms with Crippen LogP contribution in [0.2, 0.25) is 0 Å². The highest BCUT2D eigenvalue weighted by Crippen LogP contribution is 2.22. The summed E-state index contributed by atoms with van der Waals surface area (Å²) < 4.78 is 0. The fraction of sp³-hybridized carbons (Fsp3) is 0.562. The van der Waals surface area contributed by atoms with Crippen molar-refractivity contribution in [1.82, 2.24) is 10.2 Å². The summed E-state index contributed by atoms with van der Waals surface area (Å²) in [6.07, 6.45) is 2.13. The van der Waals surface area contributed by atoms with Crippen molar-refractivity contribution in [3.05, 3.63) is 34.4 Å². The van der Waals surface area contributed by atoms with E-state index in [9.17, 15) is 15.0 Å². The zero-order valence-corrected chi connectivity index (χ0v) is 12.6. The topological polar surface area (TPSA) is 72.8 Å². The molecular formula is C16H24N2O3. The van der Waals surface area contributed by atoms with E-state index in [2.05, 4.69) is 5.32 Å². The summed E-state index contributed by atoms with van der Waals surface area (Å²) in [7, 11) is 1.91. The Kier molecular flexibility index (Phi) is 5.73. The van der Waals surface area contributed by atoms with Crippen molar-refractivity contribution in [2.45, 2.75) is 32.5 Å². The normalized spacial score (nSPS) is 15.0. The maximum absolute atomic E-state index is 12.3. The number of hydrogen-bond donors (Lipinski definition) is 3. The molecular weight excluding hydrogens is 268 g/mol. The Bertz CT molecular complexity index is 503. The number of rotatable bonds is 6. The molecule has 5 nitrogen and oxygen atoms in total. The summed E-state index contributed by atoms with van der Waals surface area (Å²) >= 11 is 0. The van der Waals surface area contributed by atoms with Gasteiger partial charge in [-0.1, -0.05) is 12.1 Å². The van der Waals surface area contributed by atoms with Gasteiger partial charge in [0.25, 0.3) is 0 Å². The lowest BCUT2D eigenvalue weighted by Crippen LogP contribution is -2.34. The second kappa shape index (κ2) is 7.54. The maximum Gasteiger partial charge on any atom is 0.227 e. The molecule has 0 fully saturated rings. The number of amides is 1. The van der Waals surface area contributed by atoms with E-state index < -0.39 is 0 Å². The molecule has 0 atom stereocenters. The Labute approximate surface area is 125 Å². The average molecular weight is 292 g/mol. The van der Waals surface area contributed by atoms with Gasteiger partial charge in [0, 0.05) is 13.1 Å². The average Bonchev–Trinajstić information content (AvgIpc) is 2.65. The van der Waals surface area contributed by atoms with Crippen LogP contribution in [-0.2, 0) is 30.8 Å². The number of aliphatic hydroxyl groups is 2. The number of benzene rings is 1. The van der Waals surface area contributed by atoms with Gasteiger partial charge in [-0.3, -0.25) is 4.79 Å². The quantitative estimate of drug-likeness (QED) is 0.655. The molecule has 2 rings (SSSR count). The van der Waals surface area contributed by atoms with Gasteiger partial charge in [-0.05, 0) is 48.7 Å².